The topological polar surface area (TPSA) is 64.7 Å². The van der Waals surface area contributed by atoms with E-state index in [4.69, 9.17) is 22.2 Å². The van der Waals surface area contributed by atoms with E-state index in [0.29, 0.717) is 11.4 Å². The predicted octanol–water partition coefficient (Wildman–Crippen LogP) is 2.94. The molecule has 0 heterocycles. The highest BCUT2D eigenvalue weighted by Crippen LogP contribution is 2.10. The van der Waals surface area contributed by atoms with Crippen molar-refractivity contribution < 1.29 is 9.63 Å². The lowest BCUT2D eigenvalue weighted by Crippen LogP contribution is -2.17. The molecule has 0 fully saturated rings. The van der Waals surface area contributed by atoms with E-state index >= 15 is 0 Å². The maximum atomic E-state index is 11.6. The van der Waals surface area contributed by atoms with Gasteiger partial charge in [-0.05, 0) is 23.3 Å². The number of amidine groups is 1. The van der Waals surface area contributed by atoms with Crippen LogP contribution < -0.4 is 5.73 Å². The molecule has 4 nitrogen and oxygen atoms in total. The summed E-state index contributed by atoms with van der Waals surface area (Å²) in [6.07, 6.45) is 0.564. The number of carbonyl (C=O) groups excluding carboxylic acids is 1. The molecule has 2 aromatic rings. The number of carbonyl (C=O) groups is 1. The summed E-state index contributed by atoms with van der Waals surface area (Å²) in [5.74, 6) is -0.209. The van der Waals surface area contributed by atoms with Gasteiger partial charge in [0.15, 0.2) is 0 Å². The van der Waals surface area contributed by atoms with Crippen LogP contribution in [0.15, 0.2) is 59.8 Å². The molecule has 0 saturated carbocycles. The Kier molecular flexibility index (Phi) is 5.35. The lowest BCUT2D eigenvalue weighted by Gasteiger charge is -2.02. The summed E-state index contributed by atoms with van der Waals surface area (Å²) in [6, 6.07) is 16.5. The Balaban J connectivity index is 1.85. The Morgan fingerprint density at radius 2 is 1.62 bits per heavy atom. The molecule has 108 valence electrons. The SMILES string of the molecule is NC(Cc1ccc(Cl)cc1)=NOC(=O)Cc1ccccc1. The molecule has 0 aliphatic heterocycles. The summed E-state index contributed by atoms with van der Waals surface area (Å²) in [7, 11) is 0. The van der Waals surface area contributed by atoms with E-state index in [1.54, 1.807) is 12.1 Å². The molecule has 2 rings (SSSR count). The Morgan fingerprint density at radius 3 is 2.29 bits per heavy atom. The summed E-state index contributed by atoms with van der Waals surface area (Å²) in [4.78, 5) is 16.4. The average molecular weight is 303 g/mol. The van der Waals surface area contributed by atoms with E-state index in [1.807, 2.05) is 42.5 Å². The van der Waals surface area contributed by atoms with Crippen molar-refractivity contribution in [2.75, 3.05) is 0 Å². The van der Waals surface area contributed by atoms with Gasteiger partial charge in [0.2, 0.25) is 0 Å². The van der Waals surface area contributed by atoms with Crippen molar-refractivity contribution in [1.82, 2.24) is 0 Å². The zero-order chi connectivity index (χ0) is 15.1. The fourth-order valence-electron chi connectivity index (χ4n) is 1.75. The number of nitrogens with two attached hydrogens (primary N) is 1. The van der Waals surface area contributed by atoms with Crippen molar-refractivity contribution in [2.24, 2.45) is 10.9 Å². The number of oxime groups is 1. The smallest absolute Gasteiger partial charge is 0.339 e. The lowest BCUT2D eigenvalue weighted by molar-refractivity contribution is -0.142. The van der Waals surface area contributed by atoms with Gasteiger partial charge in [0.05, 0.1) is 6.42 Å². The molecule has 0 aliphatic carbocycles. The molecule has 21 heavy (non-hydrogen) atoms. The van der Waals surface area contributed by atoms with Crippen molar-refractivity contribution in [3.8, 4) is 0 Å². The number of hydrogen-bond donors (Lipinski definition) is 1. The van der Waals surface area contributed by atoms with Gasteiger partial charge in [-0.1, -0.05) is 59.2 Å². The maximum Gasteiger partial charge on any atom is 0.339 e. The minimum absolute atomic E-state index is 0.165. The summed E-state index contributed by atoms with van der Waals surface area (Å²) < 4.78 is 0. The molecule has 0 radical (unpaired) electrons. The van der Waals surface area contributed by atoms with E-state index in [2.05, 4.69) is 5.16 Å². The normalized spacial score (nSPS) is 11.2. The van der Waals surface area contributed by atoms with Gasteiger partial charge in [0, 0.05) is 11.4 Å². The third-order valence-corrected chi connectivity index (χ3v) is 3.01. The number of benzene rings is 2. The first-order valence-electron chi connectivity index (χ1n) is 6.44. The number of nitrogens with zero attached hydrogens (tertiary/aromatic N) is 1. The van der Waals surface area contributed by atoms with Crippen LogP contribution in [0.3, 0.4) is 0 Å². The van der Waals surface area contributed by atoms with E-state index in [9.17, 15) is 4.79 Å². The Labute approximate surface area is 128 Å². The third-order valence-electron chi connectivity index (χ3n) is 2.75. The maximum absolute atomic E-state index is 11.6. The fraction of sp³-hybridized carbons (Fsp3) is 0.125. The van der Waals surface area contributed by atoms with Crippen LogP contribution in [0.25, 0.3) is 0 Å². The standard InChI is InChI=1S/C16H15ClN2O2/c17-14-8-6-13(7-9-14)10-15(18)19-21-16(20)11-12-4-2-1-3-5-12/h1-9H,10-11H2,(H2,18,19). The van der Waals surface area contributed by atoms with Crippen molar-refractivity contribution >= 4 is 23.4 Å². The second-order valence-corrected chi connectivity index (χ2v) is 4.95. The van der Waals surface area contributed by atoms with Crippen LogP contribution in [-0.2, 0) is 22.5 Å². The second-order valence-electron chi connectivity index (χ2n) is 4.51. The van der Waals surface area contributed by atoms with Crippen molar-refractivity contribution in [3.63, 3.8) is 0 Å². The van der Waals surface area contributed by atoms with E-state index < -0.39 is 5.97 Å². The first-order chi connectivity index (χ1) is 10.1. The summed E-state index contributed by atoms with van der Waals surface area (Å²) in [6.45, 7) is 0. The molecule has 2 aromatic carbocycles. The number of halogens is 1. The largest absolute Gasteiger partial charge is 0.384 e. The zero-order valence-corrected chi connectivity index (χ0v) is 12.1. The van der Waals surface area contributed by atoms with Crippen LogP contribution in [0.5, 0.6) is 0 Å². The van der Waals surface area contributed by atoms with E-state index in [1.165, 1.54) is 0 Å². The van der Waals surface area contributed by atoms with Crippen LogP contribution >= 0.6 is 11.6 Å². The first kappa shape index (κ1) is 15.1. The molecule has 0 aromatic heterocycles. The van der Waals surface area contributed by atoms with Gasteiger partial charge in [0.25, 0.3) is 0 Å². The summed E-state index contributed by atoms with van der Waals surface area (Å²) in [5.41, 5.74) is 7.54. The van der Waals surface area contributed by atoms with Crippen LogP contribution in [0.4, 0.5) is 0 Å². The molecule has 5 heteroatoms. The Hall–Kier alpha value is -2.33. The summed E-state index contributed by atoms with van der Waals surface area (Å²) in [5, 5.41) is 4.31. The van der Waals surface area contributed by atoms with Crippen molar-refractivity contribution in [2.45, 2.75) is 12.8 Å². The molecule has 0 bridgehead atoms. The molecular formula is C16H15ClN2O2. The van der Waals surface area contributed by atoms with Crippen LogP contribution in [0.1, 0.15) is 11.1 Å². The Bertz CT molecular complexity index is 624. The van der Waals surface area contributed by atoms with Crippen LogP contribution in [0, 0.1) is 0 Å². The van der Waals surface area contributed by atoms with Gasteiger partial charge in [0.1, 0.15) is 5.84 Å². The van der Waals surface area contributed by atoms with Gasteiger partial charge in [-0.25, -0.2) is 4.79 Å². The molecule has 0 atom stereocenters. The second kappa shape index (κ2) is 7.45. The molecule has 0 unspecified atom stereocenters. The van der Waals surface area contributed by atoms with E-state index in [-0.39, 0.29) is 12.3 Å². The monoisotopic (exact) mass is 302 g/mol. The molecule has 0 spiro atoms. The highest BCUT2D eigenvalue weighted by molar-refractivity contribution is 6.30. The zero-order valence-electron chi connectivity index (χ0n) is 11.3. The van der Waals surface area contributed by atoms with E-state index in [0.717, 1.165) is 11.1 Å². The lowest BCUT2D eigenvalue weighted by atomic mass is 10.1. The minimum atomic E-state index is -0.444. The minimum Gasteiger partial charge on any atom is -0.384 e. The summed E-state index contributed by atoms with van der Waals surface area (Å²) >= 11 is 5.80. The molecule has 0 saturated heterocycles. The molecule has 0 aliphatic rings. The van der Waals surface area contributed by atoms with Gasteiger partial charge < -0.3 is 10.6 Å². The predicted molar refractivity (Wildman–Crippen MR) is 83.0 cm³/mol. The number of hydrogen-bond acceptors (Lipinski definition) is 3. The van der Waals surface area contributed by atoms with Crippen LogP contribution in [-0.4, -0.2) is 11.8 Å². The highest BCUT2D eigenvalue weighted by atomic mass is 35.5. The van der Waals surface area contributed by atoms with Gasteiger partial charge in [-0.3, -0.25) is 0 Å². The highest BCUT2D eigenvalue weighted by Gasteiger charge is 2.05. The average Bonchev–Trinajstić information content (AvgIpc) is 2.49. The third kappa shape index (κ3) is 5.28. The molecule has 2 N–H and O–H groups in total. The quantitative estimate of drug-likeness (QED) is 0.400. The Morgan fingerprint density at radius 1 is 1.00 bits per heavy atom. The first-order valence-corrected chi connectivity index (χ1v) is 6.82. The van der Waals surface area contributed by atoms with Gasteiger partial charge >= 0.3 is 5.97 Å². The molecular weight excluding hydrogens is 288 g/mol. The van der Waals surface area contributed by atoms with Gasteiger partial charge in [-0.2, -0.15) is 0 Å². The van der Waals surface area contributed by atoms with Crippen LogP contribution in [0.2, 0.25) is 5.02 Å². The van der Waals surface area contributed by atoms with Crippen molar-refractivity contribution in [3.05, 3.63) is 70.7 Å². The van der Waals surface area contributed by atoms with Crippen molar-refractivity contribution in [1.29, 1.82) is 0 Å². The number of rotatable bonds is 5. The fourth-order valence-corrected chi connectivity index (χ4v) is 1.87. The molecule has 0 amide bonds. The van der Waals surface area contributed by atoms with Gasteiger partial charge in [-0.15, -0.1) is 0 Å².